The SMILES string of the molecule is NC(=O)c1ccc(NC(=O)C=Cc2ccccc2)cc1-c1ccn[nH]1. The lowest BCUT2D eigenvalue weighted by atomic mass is 10.0. The third kappa shape index (κ3) is 4.00. The maximum absolute atomic E-state index is 12.1. The zero-order chi connectivity index (χ0) is 17.6. The van der Waals surface area contributed by atoms with Gasteiger partial charge in [0, 0.05) is 29.1 Å². The van der Waals surface area contributed by atoms with Gasteiger partial charge in [-0.3, -0.25) is 14.7 Å². The van der Waals surface area contributed by atoms with Crippen LogP contribution in [-0.2, 0) is 4.79 Å². The Balaban J connectivity index is 1.81. The van der Waals surface area contributed by atoms with Crippen molar-refractivity contribution in [3.05, 3.63) is 78.0 Å². The molecule has 0 aliphatic carbocycles. The lowest BCUT2D eigenvalue weighted by Gasteiger charge is -2.08. The molecule has 2 amide bonds. The van der Waals surface area contributed by atoms with Crippen molar-refractivity contribution in [3.8, 4) is 11.3 Å². The summed E-state index contributed by atoms with van der Waals surface area (Å²) < 4.78 is 0. The second-order valence-corrected chi connectivity index (χ2v) is 5.33. The van der Waals surface area contributed by atoms with Crippen molar-refractivity contribution in [2.75, 3.05) is 5.32 Å². The molecule has 6 heteroatoms. The van der Waals surface area contributed by atoms with E-state index in [9.17, 15) is 9.59 Å². The number of benzene rings is 2. The summed E-state index contributed by atoms with van der Waals surface area (Å²) in [5.41, 5.74) is 8.47. The zero-order valence-electron chi connectivity index (χ0n) is 13.3. The van der Waals surface area contributed by atoms with E-state index in [0.717, 1.165) is 5.56 Å². The predicted molar refractivity (Wildman–Crippen MR) is 96.6 cm³/mol. The van der Waals surface area contributed by atoms with Crippen molar-refractivity contribution in [3.63, 3.8) is 0 Å². The standard InChI is InChI=1S/C19H16N4O2/c20-19(25)15-8-7-14(12-16(15)17-10-11-21-23-17)22-18(24)9-6-13-4-2-1-3-5-13/h1-12H,(H2,20,25)(H,21,23)(H,22,24). The molecule has 4 N–H and O–H groups in total. The fourth-order valence-electron chi connectivity index (χ4n) is 2.39. The van der Waals surface area contributed by atoms with E-state index in [1.807, 2.05) is 30.3 Å². The van der Waals surface area contributed by atoms with Gasteiger partial charge in [0.15, 0.2) is 0 Å². The van der Waals surface area contributed by atoms with Gasteiger partial charge in [-0.1, -0.05) is 30.3 Å². The molecule has 0 radical (unpaired) electrons. The molecule has 3 aromatic rings. The number of anilines is 1. The summed E-state index contributed by atoms with van der Waals surface area (Å²) in [5.74, 6) is -0.822. The lowest BCUT2D eigenvalue weighted by Crippen LogP contribution is -2.13. The smallest absolute Gasteiger partial charge is 0.249 e. The number of aromatic nitrogens is 2. The first-order valence-corrected chi connectivity index (χ1v) is 7.61. The van der Waals surface area contributed by atoms with Crippen molar-refractivity contribution in [1.29, 1.82) is 0 Å². The molecule has 0 saturated heterocycles. The number of nitrogens with one attached hydrogen (secondary N) is 2. The van der Waals surface area contributed by atoms with Crippen LogP contribution in [0.1, 0.15) is 15.9 Å². The van der Waals surface area contributed by atoms with E-state index in [1.165, 1.54) is 6.08 Å². The number of hydrogen-bond acceptors (Lipinski definition) is 3. The van der Waals surface area contributed by atoms with Crippen LogP contribution in [0.5, 0.6) is 0 Å². The number of aromatic amines is 1. The molecule has 0 aliphatic heterocycles. The summed E-state index contributed by atoms with van der Waals surface area (Å²) in [6.45, 7) is 0. The third-order valence-electron chi connectivity index (χ3n) is 3.57. The van der Waals surface area contributed by atoms with Crippen molar-refractivity contribution in [1.82, 2.24) is 10.2 Å². The molecule has 3 rings (SSSR count). The van der Waals surface area contributed by atoms with Crippen LogP contribution >= 0.6 is 0 Å². The second-order valence-electron chi connectivity index (χ2n) is 5.33. The molecule has 0 fully saturated rings. The molecular weight excluding hydrogens is 316 g/mol. The van der Waals surface area contributed by atoms with E-state index in [0.29, 0.717) is 22.5 Å². The number of hydrogen-bond donors (Lipinski definition) is 3. The number of carbonyl (C=O) groups is 2. The molecule has 0 spiro atoms. The van der Waals surface area contributed by atoms with Gasteiger partial charge in [0.1, 0.15) is 0 Å². The van der Waals surface area contributed by atoms with Gasteiger partial charge in [-0.05, 0) is 35.9 Å². The predicted octanol–water partition coefficient (Wildman–Crippen LogP) is 2.83. The highest BCUT2D eigenvalue weighted by Crippen LogP contribution is 2.25. The molecule has 124 valence electrons. The molecule has 2 aromatic carbocycles. The monoisotopic (exact) mass is 332 g/mol. The number of H-pyrrole nitrogens is 1. The summed E-state index contributed by atoms with van der Waals surface area (Å²) in [6.07, 6.45) is 4.75. The first kappa shape index (κ1) is 16.2. The van der Waals surface area contributed by atoms with Crippen molar-refractivity contribution in [2.24, 2.45) is 5.73 Å². The van der Waals surface area contributed by atoms with Crippen LogP contribution < -0.4 is 11.1 Å². The summed E-state index contributed by atoms with van der Waals surface area (Å²) in [5, 5.41) is 9.44. The third-order valence-corrected chi connectivity index (χ3v) is 3.57. The minimum atomic E-state index is -0.550. The topological polar surface area (TPSA) is 101 Å². The molecule has 6 nitrogen and oxygen atoms in total. The first-order chi connectivity index (χ1) is 12.1. The molecule has 0 aliphatic rings. The van der Waals surface area contributed by atoms with Gasteiger partial charge in [-0.2, -0.15) is 5.10 Å². The van der Waals surface area contributed by atoms with Crippen LogP contribution in [-0.4, -0.2) is 22.0 Å². The van der Waals surface area contributed by atoms with Crippen LogP contribution in [0.25, 0.3) is 17.3 Å². The highest BCUT2D eigenvalue weighted by atomic mass is 16.1. The molecule has 0 atom stereocenters. The van der Waals surface area contributed by atoms with Crippen LogP contribution in [0.2, 0.25) is 0 Å². The number of rotatable bonds is 5. The summed E-state index contributed by atoms with van der Waals surface area (Å²) in [7, 11) is 0. The Morgan fingerprint density at radius 3 is 2.56 bits per heavy atom. The Kier molecular flexibility index (Phi) is 4.71. The maximum Gasteiger partial charge on any atom is 0.249 e. The zero-order valence-corrected chi connectivity index (χ0v) is 13.3. The summed E-state index contributed by atoms with van der Waals surface area (Å²) >= 11 is 0. The average molecular weight is 332 g/mol. The Bertz CT molecular complexity index is 916. The van der Waals surface area contributed by atoms with E-state index >= 15 is 0 Å². The Morgan fingerprint density at radius 1 is 1.08 bits per heavy atom. The number of nitrogens with two attached hydrogens (primary N) is 1. The second kappa shape index (κ2) is 7.27. The molecule has 1 heterocycles. The number of amides is 2. The highest BCUT2D eigenvalue weighted by Gasteiger charge is 2.12. The maximum atomic E-state index is 12.1. The number of primary amides is 1. The Labute approximate surface area is 144 Å². The van der Waals surface area contributed by atoms with E-state index in [-0.39, 0.29) is 5.91 Å². The van der Waals surface area contributed by atoms with Gasteiger partial charge >= 0.3 is 0 Å². The minimum Gasteiger partial charge on any atom is -0.366 e. The van der Waals surface area contributed by atoms with E-state index in [1.54, 1.807) is 36.5 Å². The minimum absolute atomic E-state index is 0.272. The molecule has 0 bridgehead atoms. The van der Waals surface area contributed by atoms with Gasteiger partial charge in [-0.25, -0.2) is 0 Å². The fraction of sp³-hybridized carbons (Fsp3) is 0. The fourth-order valence-corrected chi connectivity index (χ4v) is 2.39. The number of carbonyl (C=O) groups excluding carboxylic acids is 2. The number of nitrogens with zero attached hydrogens (tertiary/aromatic N) is 1. The van der Waals surface area contributed by atoms with Crippen molar-refractivity contribution < 1.29 is 9.59 Å². The summed E-state index contributed by atoms with van der Waals surface area (Å²) in [6, 6.07) is 16.1. The quantitative estimate of drug-likeness (QED) is 0.626. The van der Waals surface area contributed by atoms with E-state index in [2.05, 4.69) is 15.5 Å². The van der Waals surface area contributed by atoms with Crippen LogP contribution in [0, 0.1) is 0 Å². The van der Waals surface area contributed by atoms with E-state index in [4.69, 9.17) is 5.73 Å². The lowest BCUT2D eigenvalue weighted by molar-refractivity contribution is -0.111. The van der Waals surface area contributed by atoms with Crippen LogP contribution in [0.15, 0.2) is 66.9 Å². The van der Waals surface area contributed by atoms with Crippen LogP contribution in [0.3, 0.4) is 0 Å². The first-order valence-electron chi connectivity index (χ1n) is 7.61. The molecule has 25 heavy (non-hydrogen) atoms. The van der Waals surface area contributed by atoms with Crippen molar-refractivity contribution in [2.45, 2.75) is 0 Å². The van der Waals surface area contributed by atoms with Gasteiger partial charge in [0.05, 0.1) is 5.69 Å². The largest absolute Gasteiger partial charge is 0.366 e. The van der Waals surface area contributed by atoms with Gasteiger partial charge < -0.3 is 11.1 Å². The van der Waals surface area contributed by atoms with Gasteiger partial charge in [0.2, 0.25) is 11.8 Å². The normalized spacial score (nSPS) is 10.7. The molecule has 0 saturated carbocycles. The Morgan fingerprint density at radius 2 is 1.88 bits per heavy atom. The molecule has 0 unspecified atom stereocenters. The highest BCUT2D eigenvalue weighted by molar-refractivity contribution is 6.04. The average Bonchev–Trinajstić information content (AvgIpc) is 3.15. The Hall–Kier alpha value is -3.67. The van der Waals surface area contributed by atoms with Gasteiger partial charge in [0.25, 0.3) is 0 Å². The molecule has 1 aromatic heterocycles. The van der Waals surface area contributed by atoms with E-state index < -0.39 is 5.91 Å². The van der Waals surface area contributed by atoms with Crippen molar-refractivity contribution >= 4 is 23.6 Å². The van der Waals surface area contributed by atoms with Crippen LogP contribution in [0.4, 0.5) is 5.69 Å². The van der Waals surface area contributed by atoms with Gasteiger partial charge in [-0.15, -0.1) is 0 Å². The molecular formula is C19H16N4O2. The summed E-state index contributed by atoms with van der Waals surface area (Å²) in [4.78, 5) is 23.7.